The zero-order valence-corrected chi connectivity index (χ0v) is 13.5. The van der Waals surface area contributed by atoms with E-state index in [-0.39, 0.29) is 0 Å². The van der Waals surface area contributed by atoms with Crippen molar-refractivity contribution in [1.82, 2.24) is 4.98 Å². The van der Waals surface area contributed by atoms with E-state index in [4.69, 9.17) is 0 Å². The number of aromatic nitrogens is 1. The van der Waals surface area contributed by atoms with E-state index in [1.807, 2.05) is 31.1 Å². The molecule has 0 aliphatic heterocycles. The Hall–Kier alpha value is -2.22. The first-order valence-corrected chi connectivity index (χ1v) is 8.34. The molecule has 0 unspecified atom stereocenters. The minimum Gasteiger partial charge on any atom is -0.381 e. The third-order valence-corrected chi connectivity index (χ3v) is 4.59. The van der Waals surface area contributed by atoms with Crippen LogP contribution in [0.2, 0.25) is 0 Å². The largest absolute Gasteiger partial charge is 0.381 e. The van der Waals surface area contributed by atoms with Gasteiger partial charge >= 0.3 is 5.76 Å². The van der Waals surface area contributed by atoms with Crippen LogP contribution in [0.1, 0.15) is 5.56 Å². The number of benzene rings is 1. The Labute approximate surface area is 133 Å². The number of nitrogens with zero attached hydrogens (tertiary/aromatic N) is 2. The molecule has 0 radical (unpaired) electrons. The van der Waals surface area contributed by atoms with E-state index in [1.54, 1.807) is 6.20 Å². The van der Waals surface area contributed by atoms with Crippen molar-refractivity contribution in [2.45, 2.75) is 17.2 Å². The molecule has 23 heavy (non-hydrogen) atoms. The number of pyridine rings is 1. The van der Waals surface area contributed by atoms with Gasteiger partial charge in [-0.05, 0) is 30.3 Å². The molecule has 2 aromatic rings. The fourth-order valence-corrected chi connectivity index (χ4v) is 2.75. The lowest BCUT2D eigenvalue weighted by Gasteiger charge is -2.16. The second-order valence-corrected chi connectivity index (χ2v) is 6.98. The maximum Gasteiger partial charge on any atom is 0.341 e. The summed E-state index contributed by atoms with van der Waals surface area (Å²) in [6.45, 7) is 0.475. The molecule has 1 heterocycles. The molecule has 0 amide bonds. The molecule has 0 fully saturated rings. The number of rotatable bonds is 6. The summed E-state index contributed by atoms with van der Waals surface area (Å²) in [6.07, 6.45) is 1.70. The minimum atomic E-state index is -4.56. The highest BCUT2D eigenvalue weighted by Crippen LogP contribution is 2.21. The van der Waals surface area contributed by atoms with E-state index in [0.29, 0.717) is 12.2 Å². The van der Waals surface area contributed by atoms with Gasteiger partial charge in [0.05, 0.1) is 4.90 Å². The first-order chi connectivity index (χ1) is 10.8. The zero-order chi connectivity index (χ0) is 17.0. The number of alkyl halides is 2. The van der Waals surface area contributed by atoms with Crippen LogP contribution in [0.5, 0.6) is 0 Å². The first-order valence-electron chi connectivity index (χ1n) is 6.79. The lowest BCUT2D eigenvalue weighted by atomic mass is 10.2. The van der Waals surface area contributed by atoms with Crippen LogP contribution in [0, 0.1) is 0 Å². The Morgan fingerprint density at radius 2 is 1.83 bits per heavy atom. The Balaban J connectivity index is 2.11. The van der Waals surface area contributed by atoms with E-state index >= 15 is 0 Å². The summed E-state index contributed by atoms with van der Waals surface area (Å²) in [6, 6.07) is 9.00. The molecule has 0 aliphatic rings. The van der Waals surface area contributed by atoms with Crippen LogP contribution in [0.15, 0.2) is 47.5 Å². The summed E-state index contributed by atoms with van der Waals surface area (Å²) in [5, 5.41) is 3.12. The molecule has 0 bridgehead atoms. The van der Waals surface area contributed by atoms with Gasteiger partial charge in [-0.1, -0.05) is 6.07 Å². The summed E-state index contributed by atoms with van der Waals surface area (Å²) >= 11 is 0. The standard InChI is InChI=1S/C15H17F2N3O2S/c1-20(2)14-11(4-3-9-18-14)10-19-12-5-7-13(8-6-12)23(21,22)15(16)17/h3-9,15,19H,10H2,1-2H3. The van der Waals surface area contributed by atoms with Crippen LogP contribution in [-0.2, 0) is 16.4 Å². The van der Waals surface area contributed by atoms with Gasteiger partial charge in [0.25, 0.3) is 0 Å². The number of anilines is 2. The fourth-order valence-electron chi connectivity index (χ4n) is 2.03. The van der Waals surface area contributed by atoms with Crippen LogP contribution in [0.3, 0.4) is 0 Å². The predicted octanol–water partition coefficient (Wildman–Crippen LogP) is 2.76. The second-order valence-electron chi connectivity index (χ2n) is 5.06. The predicted molar refractivity (Wildman–Crippen MR) is 85.5 cm³/mol. The lowest BCUT2D eigenvalue weighted by molar-refractivity contribution is 0.234. The van der Waals surface area contributed by atoms with Gasteiger partial charge in [-0.25, -0.2) is 13.4 Å². The monoisotopic (exact) mass is 341 g/mol. The Kier molecular flexibility index (Phi) is 5.15. The van der Waals surface area contributed by atoms with Gasteiger partial charge in [-0.3, -0.25) is 0 Å². The van der Waals surface area contributed by atoms with Crippen LogP contribution in [0.4, 0.5) is 20.3 Å². The van der Waals surface area contributed by atoms with Crippen molar-refractivity contribution in [1.29, 1.82) is 0 Å². The molecule has 0 saturated carbocycles. The van der Waals surface area contributed by atoms with E-state index in [0.717, 1.165) is 11.4 Å². The number of halogens is 2. The van der Waals surface area contributed by atoms with Gasteiger partial charge in [0.15, 0.2) is 0 Å². The third kappa shape index (κ3) is 3.95. The Bertz CT molecular complexity index is 763. The summed E-state index contributed by atoms with van der Waals surface area (Å²) in [5.41, 5.74) is 1.59. The molecule has 124 valence electrons. The highest BCUT2D eigenvalue weighted by Gasteiger charge is 2.26. The number of hydrogen-bond acceptors (Lipinski definition) is 5. The van der Waals surface area contributed by atoms with Crippen molar-refractivity contribution in [2.24, 2.45) is 0 Å². The first kappa shape index (κ1) is 17.1. The minimum absolute atomic E-state index is 0.395. The Morgan fingerprint density at radius 1 is 1.17 bits per heavy atom. The van der Waals surface area contributed by atoms with Crippen molar-refractivity contribution in [2.75, 3.05) is 24.3 Å². The molecule has 0 spiro atoms. The maximum atomic E-state index is 12.5. The zero-order valence-electron chi connectivity index (χ0n) is 12.7. The highest BCUT2D eigenvalue weighted by atomic mass is 32.2. The van der Waals surface area contributed by atoms with Gasteiger partial charge in [0, 0.05) is 38.1 Å². The van der Waals surface area contributed by atoms with Crippen molar-refractivity contribution >= 4 is 21.3 Å². The highest BCUT2D eigenvalue weighted by molar-refractivity contribution is 7.91. The summed E-state index contributed by atoms with van der Waals surface area (Å²) in [4.78, 5) is 5.77. The molecule has 2 rings (SSSR count). The average molecular weight is 341 g/mol. The van der Waals surface area contributed by atoms with Crippen molar-refractivity contribution in [3.63, 3.8) is 0 Å². The van der Waals surface area contributed by atoms with E-state index < -0.39 is 20.5 Å². The quantitative estimate of drug-likeness (QED) is 0.875. The van der Waals surface area contributed by atoms with Gasteiger partial charge in [0.1, 0.15) is 5.82 Å². The maximum absolute atomic E-state index is 12.5. The van der Waals surface area contributed by atoms with E-state index in [9.17, 15) is 17.2 Å². The summed E-state index contributed by atoms with van der Waals surface area (Å²) in [5.74, 6) is -2.60. The van der Waals surface area contributed by atoms with Gasteiger partial charge in [-0.15, -0.1) is 0 Å². The van der Waals surface area contributed by atoms with Crippen molar-refractivity contribution in [3.05, 3.63) is 48.2 Å². The average Bonchev–Trinajstić information content (AvgIpc) is 2.53. The molecule has 1 aromatic heterocycles. The number of hydrogen-bond donors (Lipinski definition) is 1. The summed E-state index contributed by atoms with van der Waals surface area (Å²) < 4.78 is 47.7. The van der Waals surface area contributed by atoms with Gasteiger partial charge in [0.2, 0.25) is 9.84 Å². The summed E-state index contributed by atoms with van der Waals surface area (Å²) in [7, 11) is -0.787. The molecular formula is C15H17F2N3O2S. The van der Waals surface area contributed by atoms with E-state index in [1.165, 1.54) is 24.3 Å². The lowest BCUT2D eigenvalue weighted by Crippen LogP contribution is -2.14. The molecule has 1 aromatic carbocycles. The van der Waals surface area contributed by atoms with Crippen LogP contribution in [0.25, 0.3) is 0 Å². The van der Waals surface area contributed by atoms with Crippen LogP contribution < -0.4 is 10.2 Å². The van der Waals surface area contributed by atoms with Gasteiger partial charge in [-0.2, -0.15) is 8.78 Å². The van der Waals surface area contributed by atoms with Gasteiger partial charge < -0.3 is 10.2 Å². The normalized spacial score (nSPS) is 11.5. The molecule has 5 nitrogen and oxygen atoms in total. The van der Waals surface area contributed by atoms with Crippen LogP contribution >= 0.6 is 0 Å². The van der Waals surface area contributed by atoms with E-state index in [2.05, 4.69) is 10.3 Å². The molecule has 0 saturated heterocycles. The second kappa shape index (κ2) is 6.91. The SMILES string of the molecule is CN(C)c1ncccc1CNc1ccc(S(=O)(=O)C(F)F)cc1. The van der Waals surface area contributed by atoms with Crippen LogP contribution in [-0.4, -0.2) is 33.3 Å². The van der Waals surface area contributed by atoms with Crippen molar-refractivity contribution in [3.8, 4) is 0 Å². The third-order valence-electron chi connectivity index (χ3n) is 3.19. The fraction of sp³-hybridized carbons (Fsp3) is 0.267. The molecule has 0 aliphatic carbocycles. The number of nitrogens with one attached hydrogen (secondary N) is 1. The smallest absolute Gasteiger partial charge is 0.341 e. The Morgan fingerprint density at radius 3 is 2.39 bits per heavy atom. The molecule has 8 heteroatoms. The number of sulfone groups is 1. The molecule has 0 atom stereocenters. The molecular weight excluding hydrogens is 324 g/mol. The topological polar surface area (TPSA) is 62.3 Å². The molecule has 1 N–H and O–H groups in total. The van der Waals surface area contributed by atoms with Crippen molar-refractivity contribution < 1.29 is 17.2 Å².